The van der Waals surface area contributed by atoms with Crippen molar-refractivity contribution in [2.45, 2.75) is 32.5 Å². The fourth-order valence-electron chi connectivity index (χ4n) is 3.53. The standard InChI is InChI=1S/C21H20F5N3O2/c1-12(2)18-11-28(16-3-4-19(27-9-16)21(24,25)26)20(31)29(18)10-17(30)7-13-5-14(22)8-15(23)6-13/h3-6,8-9,12,18H,7,10-11H2,1-2H3/t18-/m1/s1. The molecule has 10 heteroatoms. The number of carbonyl (C=O) groups excluding carboxylic acids is 2. The molecule has 3 rings (SSSR count). The van der Waals surface area contributed by atoms with Gasteiger partial charge in [-0.25, -0.2) is 18.6 Å². The third kappa shape index (κ3) is 5.18. The predicted molar refractivity (Wildman–Crippen MR) is 102 cm³/mol. The number of benzene rings is 1. The van der Waals surface area contributed by atoms with Gasteiger partial charge in [0.25, 0.3) is 0 Å². The first-order valence-electron chi connectivity index (χ1n) is 9.53. The number of carbonyl (C=O) groups is 2. The molecule has 1 aromatic carbocycles. The Hall–Kier alpha value is -3.04. The minimum absolute atomic E-state index is 0.0456. The monoisotopic (exact) mass is 441 g/mol. The molecule has 166 valence electrons. The summed E-state index contributed by atoms with van der Waals surface area (Å²) in [6, 6.07) is 3.83. The van der Waals surface area contributed by atoms with Crippen molar-refractivity contribution >= 4 is 17.5 Å². The molecular formula is C21H20F5N3O2. The highest BCUT2D eigenvalue weighted by Gasteiger charge is 2.41. The summed E-state index contributed by atoms with van der Waals surface area (Å²) in [5.41, 5.74) is -0.734. The summed E-state index contributed by atoms with van der Waals surface area (Å²) in [4.78, 5) is 31.4. The van der Waals surface area contributed by atoms with Crippen molar-refractivity contribution < 1.29 is 31.5 Å². The second-order valence-electron chi connectivity index (χ2n) is 7.72. The SMILES string of the molecule is CC(C)[C@H]1CN(c2ccc(C(F)(F)F)nc2)C(=O)N1CC(=O)Cc1cc(F)cc(F)c1. The van der Waals surface area contributed by atoms with Crippen LogP contribution in [0.1, 0.15) is 25.1 Å². The van der Waals surface area contributed by atoms with Gasteiger partial charge in [-0.1, -0.05) is 13.8 Å². The van der Waals surface area contributed by atoms with E-state index in [0.29, 0.717) is 6.07 Å². The summed E-state index contributed by atoms with van der Waals surface area (Å²) in [5, 5.41) is 0. The summed E-state index contributed by atoms with van der Waals surface area (Å²) >= 11 is 0. The van der Waals surface area contributed by atoms with Gasteiger partial charge < -0.3 is 4.90 Å². The minimum atomic E-state index is -4.59. The molecule has 0 saturated carbocycles. The Kier molecular flexibility index (Phi) is 6.28. The minimum Gasteiger partial charge on any atom is -0.312 e. The first kappa shape index (κ1) is 22.6. The van der Waals surface area contributed by atoms with Crippen LogP contribution in [0.15, 0.2) is 36.5 Å². The first-order valence-corrected chi connectivity index (χ1v) is 9.53. The number of hydrogen-bond acceptors (Lipinski definition) is 3. The summed E-state index contributed by atoms with van der Waals surface area (Å²) in [7, 11) is 0. The fourth-order valence-corrected chi connectivity index (χ4v) is 3.53. The molecule has 2 heterocycles. The molecular weight excluding hydrogens is 421 g/mol. The van der Waals surface area contributed by atoms with Crippen LogP contribution in [0.3, 0.4) is 0 Å². The molecule has 1 aliphatic rings. The number of ketones is 1. The molecule has 1 fully saturated rings. The molecule has 1 aliphatic heterocycles. The van der Waals surface area contributed by atoms with Crippen LogP contribution >= 0.6 is 0 Å². The number of anilines is 1. The Labute approximate surface area is 175 Å². The van der Waals surface area contributed by atoms with Gasteiger partial charge in [0.15, 0.2) is 5.78 Å². The van der Waals surface area contributed by atoms with Crippen LogP contribution in [-0.4, -0.2) is 40.8 Å². The van der Waals surface area contributed by atoms with E-state index in [1.165, 1.54) is 9.80 Å². The molecule has 0 N–H and O–H groups in total. The van der Waals surface area contributed by atoms with Gasteiger partial charge in [0.1, 0.15) is 17.3 Å². The average molecular weight is 441 g/mol. The van der Waals surface area contributed by atoms with E-state index in [1.807, 2.05) is 13.8 Å². The van der Waals surface area contributed by atoms with Gasteiger partial charge in [0.2, 0.25) is 0 Å². The number of Topliss-reactive ketones (excluding diaryl/α,β-unsaturated/α-hetero) is 1. The number of hydrogen-bond donors (Lipinski definition) is 0. The highest BCUT2D eigenvalue weighted by atomic mass is 19.4. The Morgan fingerprint density at radius 2 is 1.81 bits per heavy atom. The largest absolute Gasteiger partial charge is 0.433 e. The number of urea groups is 1. The van der Waals surface area contributed by atoms with E-state index in [0.717, 1.165) is 30.5 Å². The maximum Gasteiger partial charge on any atom is 0.433 e. The number of aromatic nitrogens is 1. The topological polar surface area (TPSA) is 53.5 Å². The van der Waals surface area contributed by atoms with Gasteiger partial charge in [0.05, 0.1) is 24.5 Å². The Morgan fingerprint density at radius 1 is 1.16 bits per heavy atom. The van der Waals surface area contributed by atoms with E-state index in [9.17, 15) is 31.5 Å². The van der Waals surface area contributed by atoms with Gasteiger partial charge in [-0.3, -0.25) is 9.69 Å². The Bertz CT molecular complexity index is 956. The maximum absolute atomic E-state index is 13.4. The van der Waals surface area contributed by atoms with Crippen molar-refractivity contribution in [2.75, 3.05) is 18.0 Å². The van der Waals surface area contributed by atoms with Crippen LogP contribution in [0.25, 0.3) is 0 Å². The first-order chi connectivity index (χ1) is 14.5. The summed E-state index contributed by atoms with van der Waals surface area (Å²) in [6.45, 7) is 3.59. The van der Waals surface area contributed by atoms with Crippen molar-refractivity contribution in [3.8, 4) is 0 Å². The van der Waals surface area contributed by atoms with E-state index in [2.05, 4.69) is 4.98 Å². The number of halogens is 5. The third-order valence-corrected chi connectivity index (χ3v) is 5.04. The van der Waals surface area contributed by atoms with Crippen LogP contribution < -0.4 is 4.90 Å². The van der Waals surface area contributed by atoms with E-state index >= 15 is 0 Å². The molecule has 5 nitrogen and oxygen atoms in total. The molecule has 0 aliphatic carbocycles. The molecule has 0 bridgehead atoms. The zero-order valence-corrected chi connectivity index (χ0v) is 16.8. The van der Waals surface area contributed by atoms with E-state index < -0.39 is 35.3 Å². The van der Waals surface area contributed by atoms with Crippen molar-refractivity contribution in [3.05, 3.63) is 59.4 Å². The third-order valence-electron chi connectivity index (χ3n) is 5.04. The molecule has 2 amide bonds. The summed E-state index contributed by atoms with van der Waals surface area (Å²) in [5.74, 6) is -2.07. The van der Waals surface area contributed by atoms with Gasteiger partial charge in [0, 0.05) is 19.0 Å². The lowest BCUT2D eigenvalue weighted by molar-refractivity contribution is -0.141. The predicted octanol–water partition coefficient (Wildman–Crippen LogP) is 4.46. The van der Waals surface area contributed by atoms with E-state index in [4.69, 9.17) is 0 Å². The van der Waals surface area contributed by atoms with Gasteiger partial charge in [-0.15, -0.1) is 0 Å². The van der Waals surface area contributed by atoms with Crippen molar-refractivity contribution in [3.63, 3.8) is 0 Å². The summed E-state index contributed by atoms with van der Waals surface area (Å²) in [6.07, 6.45) is -3.88. The highest BCUT2D eigenvalue weighted by Crippen LogP contribution is 2.31. The lowest BCUT2D eigenvalue weighted by Crippen LogP contribution is -2.41. The number of amides is 2. The summed E-state index contributed by atoms with van der Waals surface area (Å²) < 4.78 is 64.9. The van der Waals surface area contributed by atoms with Crippen LogP contribution in [0.5, 0.6) is 0 Å². The fraction of sp³-hybridized carbons (Fsp3) is 0.381. The van der Waals surface area contributed by atoms with Crippen molar-refractivity contribution in [1.82, 2.24) is 9.88 Å². The molecule has 31 heavy (non-hydrogen) atoms. The molecule has 0 radical (unpaired) electrons. The second kappa shape index (κ2) is 8.60. The van der Waals surface area contributed by atoms with Gasteiger partial charge in [-0.2, -0.15) is 13.2 Å². The van der Waals surface area contributed by atoms with Crippen molar-refractivity contribution in [2.24, 2.45) is 5.92 Å². The number of rotatable bonds is 6. The molecule has 1 saturated heterocycles. The highest BCUT2D eigenvalue weighted by molar-refractivity contribution is 5.97. The van der Waals surface area contributed by atoms with E-state index in [-0.39, 0.29) is 42.7 Å². The molecule has 2 aromatic rings. The zero-order chi connectivity index (χ0) is 22.9. The van der Waals surface area contributed by atoms with Gasteiger partial charge in [-0.05, 0) is 35.7 Å². The Balaban J connectivity index is 1.76. The normalized spacial score (nSPS) is 17.0. The lowest BCUT2D eigenvalue weighted by Gasteiger charge is -2.25. The van der Waals surface area contributed by atoms with E-state index in [1.54, 1.807) is 0 Å². The van der Waals surface area contributed by atoms with Gasteiger partial charge >= 0.3 is 12.2 Å². The quantitative estimate of drug-likeness (QED) is 0.623. The molecule has 0 spiro atoms. The van der Waals surface area contributed by atoms with Crippen LogP contribution in [0, 0.1) is 17.6 Å². The smallest absolute Gasteiger partial charge is 0.312 e. The van der Waals surface area contributed by atoms with Crippen molar-refractivity contribution in [1.29, 1.82) is 0 Å². The van der Waals surface area contributed by atoms with Crippen LogP contribution in [-0.2, 0) is 17.4 Å². The second-order valence-corrected chi connectivity index (χ2v) is 7.72. The van der Waals surface area contributed by atoms with Crippen LogP contribution in [0.2, 0.25) is 0 Å². The Morgan fingerprint density at radius 3 is 2.32 bits per heavy atom. The zero-order valence-electron chi connectivity index (χ0n) is 16.8. The maximum atomic E-state index is 13.4. The number of nitrogens with zero attached hydrogens (tertiary/aromatic N) is 3. The number of alkyl halides is 3. The van der Waals surface area contributed by atoms with Crippen LogP contribution in [0.4, 0.5) is 32.4 Å². The number of pyridine rings is 1. The lowest BCUT2D eigenvalue weighted by atomic mass is 10.0. The molecule has 1 atom stereocenters. The molecule has 0 unspecified atom stereocenters. The average Bonchev–Trinajstić information content (AvgIpc) is 2.97. The molecule has 1 aromatic heterocycles.